The van der Waals surface area contributed by atoms with Gasteiger partial charge in [0.25, 0.3) is 0 Å². The lowest BCUT2D eigenvalue weighted by Crippen LogP contribution is -2.37. The molecule has 1 saturated carbocycles. The normalized spacial score (nSPS) is 14.4. The van der Waals surface area contributed by atoms with Crippen LogP contribution in [0.25, 0.3) is 0 Å². The first kappa shape index (κ1) is 12.8. The molecule has 1 amide bonds. The third kappa shape index (κ3) is 3.40. The maximum absolute atomic E-state index is 11.7. The molecule has 0 unspecified atom stereocenters. The molecule has 3 N–H and O–H groups in total. The maximum Gasteiger partial charge on any atom is 0.239 e. The van der Waals surface area contributed by atoms with E-state index in [9.17, 15) is 4.79 Å². The van der Waals surface area contributed by atoms with Crippen LogP contribution in [0, 0.1) is 6.92 Å². The standard InChI is InChI=1S/C12H19N5O/c1-8-5-10(6-13)16-12(14-8)17(2)7-11(18)15-9-3-4-9/h5,9H,3-4,6-7,13H2,1-2H3,(H,15,18). The number of carbonyl (C=O) groups excluding carboxylic acids is 1. The molecule has 6 nitrogen and oxygen atoms in total. The summed E-state index contributed by atoms with van der Waals surface area (Å²) in [6, 6.07) is 2.23. The Bertz CT molecular complexity index is 444. The first-order chi connectivity index (χ1) is 8.58. The smallest absolute Gasteiger partial charge is 0.239 e. The van der Waals surface area contributed by atoms with E-state index in [1.54, 1.807) is 4.90 Å². The molecular formula is C12H19N5O. The van der Waals surface area contributed by atoms with Crippen molar-refractivity contribution in [1.29, 1.82) is 0 Å². The summed E-state index contributed by atoms with van der Waals surface area (Å²) in [5.74, 6) is 0.556. The van der Waals surface area contributed by atoms with Crippen LogP contribution in [0.15, 0.2) is 6.07 Å². The van der Waals surface area contributed by atoms with Crippen molar-refractivity contribution in [1.82, 2.24) is 15.3 Å². The van der Waals surface area contributed by atoms with Crippen molar-refractivity contribution in [2.75, 3.05) is 18.5 Å². The minimum Gasteiger partial charge on any atom is -0.352 e. The average molecular weight is 249 g/mol. The quantitative estimate of drug-likeness (QED) is 0.765. The monoisotopic (exact) mass is 249 g/mol. The van der Waals surface area contributed by atoms with E-state index in [1.165, 1.54) is 0 Å². The van der Waals surface area contributed by atoms with Crippen molar-refractivity contribution in [3.63, 3.8) is 0 Å². The number of aryl methyl sites for hydroxylation is 1. The Morgan fingerprint density at radius 1 is 1.56 bits per heavy atom. The lowest BCUT2D eigenvalue weighted by atomic mass is 10.3. The Morgan fingerprint density at radius 2 is 2.28 bits per heavy atom. The van der Waals surface area contributed by atoms with Crippen molar-refractivity contribution in [2.24, 2.45) is 5.73 Å². The molecule has 0 bridgehead atoms. The lowest BCUT2D eigenvalue weighted by molar-refractivity contribution is -0.119. The summed E-state index contributed by atoms with van der Waals surface area (Å²) in [6.07, 6.45) is 2.18. The molecule has 0 saturated heterocycles. The van der Waals surface area contributed by atoms with Crippen LogP contribution in [-0.4, -0.2) is 35.5 Å². The zero-order chi connectivity index (χ0) is 13.1. The zero-order valence-corrected chi connectivity index (χ0v) is 10.8. The summed E-state index contributed by atoms with van der Waals surface area (Å²) < 4.78 is 0. The summed E-state index contributed by atoms with van der Waals surface area (Å²) in [6.45, 7) is 2.53. The molecule has 0 aromatic carbocycles. The fourth-order valence-corrected chi connectivity index (χ4v) is 1.68. The van der Waals surface area contributed by atoms with Crippen LogP contribution in [0.4, 0.5) is 5.95 Å². The molecule has 18 heavy (non-hydrogen) atoms. The lowest BCUT2D eigenvalue weighted by Gasteiger charge is -2.17. The minimum absolute atomic E-state index is 0.0133. The van der Waals surface area contributed by atoms with Crippen molar-refractivity contribution in [3.05, 3.63) is 17.5 Å². The predicted octanol–water partition coefficient (Wildman–Crippen LogP) is -0.0415. The van der Waals surface area contributed by atoms with Crippen molar-refractivity contribution in [2.45, 2.75) is 32.4 Å². The zero-order valence-electron chi connectivity index (χ0n) is 10.8. The Kier molecular flexibility index (Phi) is 3.76. The fourth-order valence-electron chi connectivity index (χ4n) is 1.68. The molecule has 1 aliphatic carbocycles. The van der Waals surface area contributed by atoms with Crippen LogP contribution in [0.5, 0.6) is 0 Å². The molecule has 1 aromatic heterocycles. The number of nitrogens with one attached hydrogen (secondary N) is 1. The van der Waals surface area contributed by atoms with Gasteiger partial charge in [-0.2, -0.15) is 0 Å². The second kappa shape index (κ2) is 5.30. The fraction of sp³-hybridized carbons (Fsp3) is 0.583. The molecule has 1 fully saturated rings. The topological polar surface area (TPSA) is 84.1 Å². The molecule has 1 aromatic rings. The van der Waals surface area contributed by atoms with E-state index >= 15 is 0 Å². The summed E-state index contributed by atoms with van der Waals surface area (Å²) >= 11 is 0. The van der Waals surface area contributed by atoms with Crippen LogP contribution in [0.1, 0.15) is 24.2 Å². The van der Waals surface area contributed by atoms with E-state index < -0.39 is 0 Å². The number of aromatic nitrogens is 2. The molecule has 98 valence electrons. The van der Waals surface area contributed by atoms with Gasteiger partial charge >= 0.3 is 0 Å². The highest BCUT2D eigenvalue weighted by molar-refractivity contribution is 5.81. The SMILES string of the molecule is Cc1cc(CN)nc(N(C)CC(=O)NC2CC2)n1. The van der Waals surface area contributed by atoms with E-state index in [2.05, 4.69) is 15.3 Å². The predicted molar refractivity (Wildman–Crippen MR) is 69.1 cm³/mol. The average Bonchev–Trinajstić information content (AvgIpc) is 3.11. The van der Waals surface area contributed by atoms with Crippen LogP contribution in [-0.2, 0) is 11.3 Å². The molecule has 2 rings (SSSR count). The third-order valence-electron chi connectivity index (χ3n) is 2.77. The summed E-state index contributed by atoms with van der Waals surface area (Å²) in [5, 5.41) is 2.94. The highest BCUT2D eigenvalue weighted by atomic mass is 16.2. The number of nitrogens with two attached hydrogens (primary N) is 1. The molecular weight excluding hydrogens is 230 g/mol. The van der Waals surface area contributed by atoms with Gasteiger partial charge in [0.2, 0.25) is 11.9 Å². The first-order valence-corrected chi connectivity index (χ1v) is 6.13. The van der Waals surface area contributed by atoms with Gasteiger partial charge in [-0.15, -0.1) is 0 Å². The minimum atomic E-state index is 0.0133. The van der Waals surface area contributed by atoms with Crippen molar-refractivity contribution in [3.8, 4) is 0 Å². The van der Waals surface area contributed by atoms with Crippen LogP contribution in [0.2, 0.25) is 0 Å². The largest absolute Gasteiger partial charge is 0.352 e. The summed E-state index contributed by atoms with van der Waals surface area (Å²) in [5.41, 5.74) is 7.22. The van der Waals surface area contributed by atoms with Crippen LogP contribution in [0.3, 0.4) is 0 Å². The van der Waals surface area contributed by atoms with Gasteiger partial charge in [-0.05, 0) is 25.8 Å². The Hall–Kier alpha value is -1.69. The van der Waals surface area contributed by atoms with E-state index in [4.69, 9.17) is 5.73 Å². The molecule has 1 aliphatic rings. The highest BCUT2D eigenvalue weighted by Crippen LogP contribution is 2.18. The number of amides is 1. The van der Waals surface area contributed by atoms with Crippen molar-refractivity contribution >= 4 is 11.9 Å². The van der Waals surface area contributed by atoms with Crippen LogP contribution >= 0.6 is 0 Å². The Morgan fingerprint density at radius 3 is 2.89 bits per heavy atom. The number of anilines is 1. The number of hydrogen-bond acceptors (Lipinski definition) is 5. The van der Waals surface area contributed by atoms with Crippen molar-refractivity contribution < 1.29 is 4.79 Å². The Labute approximate surface area is 107 Å². The molecule has 0 radical (unpaired) electrons. The van der Waals surface area contributed by atoms with E-state index in [0.717, 1.165) is 24.2 Å². The molecule has 0 spiro atoms. The van der Waals surface area contributed by atoms with Gasteiger partial charge in [-0.3, -0.25) is 4.79 Å². The van der Waals surface area contributed by atoms with E-state index in [0.29, 0.717) is 18.5 Å². The third-order valence-corrected chi connectivity index (χ3v) is 2.77. The molecule has 0 aliphatic heterocycles. The first-order valence-electron chi connectivity index (χ1n) is 6.13. The van der Waals surface area contributed by atoms with Gasteiger partial charge in [0.15, 0.2) is 0 Å². The second-order valence-corrected chi connectivity index (χ2v) is 4.70. The summed E-state index contributed by atoms with van der Waals surface area (Å²) in [7, 11) is 1.81. The van der Waals surface area contributed by atoms with Crippen LogP contribution < -0.4 is 16.0 Å². The van der Waals surface area contributed by atoms with Gasteiger partial charge in [0, 0.05) is 25.3 Å². The highest BCUT2D eigenvalue weighted by Gasteiger charge is 2.23. The van der Waals surface area contributed by atoms with Gasteiger partial charge in [-0.1, -0.05) is 0 Å². The number of hydrogen-bond donors (Lipinski definition) is 2. The second-order valence-electron chi connectivity index (χ2n) is 4.70. The summed E-state index contributed by atoms with van der Waals surface area (Å²) in [4.78, 5) is 22.0. The van der Waals surface area contributed by atoms with E-state index in [1.807, 2.05) is 20.0 Å². The van der Waals surface area contributed by atoms with Gasteiger partial charge in [-0.25, -0.2) is 9.97 Å². The van der Waals surface area contributed by atoms with E-state index in [-0.39, 0.29) is 12.5 Å². The number of rotatable bonds is 5. The van der Waals surface area contributed by atoms with Gasteiger partial charge < -0.3 is 16.0 Å². The van der Waals surface area contributed by atoms with Gasteiger partial charge in [0.1, 0.15) is 0 Å². The number of carbonyl (C=O) groups is 1. The van der Waals surface area contributed by atoms with Gasteiger partial charge in [0.05, 0.1) is 12.2 Å². The molecule has 6 heteroatoms. The number of likely N-dealkylation sites (N-methyl/N-ethyl adjacent to an activating group) is 1. The maximum atomic E-state index is 11.7. The molecule has 0 atom stereocenters. The Balaban J connectivity index is 2.00. The number of nitrogens with zero attached hydrogens (tertiary/aromatic N) is 3. The molecule has 1 heterocycles.